The van der Waals surface area contributed by atoms with Crippen LogP contribution in [0.25, 0.3) is 0 Å². The molecule has 102 valence electrons. The van der Waals surface area contributed by atoms with Gasteiger partial charge in [0.2, 0.25) is 10.0 Å². The second-order valence-corrected chi connectivity index (χ2v) is 6.08. The molecule has 1 rings (SSSR count). The Kier molecular flexibility index (Phi) is 4.58. The van der Waals surface area contributed by atoms with E-state index >= 15 is 0 Å². The van der Waals surface area contributed by atoms with Crippen LogP contribution in [0.2, 0.25) is 0 Å². The summed E-state index contributed by atoms with van der Waals surface area (Å²) in [6.07, 6.45) is 1.49. The lowest BCUT2D eigenvalue weighted by atomic mass is 10.2. The highest BCUT2D eigenvalue weighted by molar-refractivity contribution is 7.91. The summed E-state index contributed by atoms with van der Waals surface area (Å²) in [7, 11) is -3.87. The summed E-state index contributed by atoms with van der Waals surface area (Å²) in [5.74, 6) is -0.858. The highest BCUT2D eigenvalue weighted by atomic mass is 32.2. The summed E-state index contributed by atoms with van der Waals surface area (Å²) < 4.78 is 26.5. The van der Waals surface area contributed by atoms with Crippen molar-refractivity contribution in [1.29, 1.82) is 0 Å². The number of hydrogen-bond acceptors (Lipinski definition) is 4. The van der Waals surface area contributed by atoms with Crippen molar-refractivity contribution in [2.24, 2.45) is 4.99 Å². The van der Waals surface area contributed by atoms with Gasteiger partial charge in [-0.15, -0.1) is 0 Å². The van der Waals surface area contributed by atoms with Gasteiger partial charge >= 0.3 is 6.03 Å². The van der Waals surface area contributed by atoms with Crippen LogP contribution in [0.15, 0.2) is 4.99 Å². The molecular formula is C10H17N3O4S. The van der Waals surface area contributed by atoms with E-state index in [1.165, 1.54) is 6.92 Å². The third-order valence-electron chi connectivity index (χ3n) is 2.52. The predicted molar refractivity (Wildman–Crippen MR) is 66.9 cm³/mol. The zero-order valence-electron chi connectivity index (χ0n) is 10.6. The summed E-state index contributed by atoms with van der Waals surface area (Å²) in [5, 5.41) is 0.451. The molecule has 0 aliphatic carbocycles. The first-order valence-corrected chi connectivity index (χ1v) is 7.23. The van der Waals surface area contributed by atoms with Gasteiger partial charge in [-0.2, -0.15) is 0 Å². The van der Waals surface area contributed by atoms with Gasteiger partial charge in [0.25, 0.3) is 5.91 Å². The van der Waals surface area contributed by atoms with E-state index in [9.17, 15) is 18.0 Å². The molecule has 7 nitrogen and oxygen atoms in total. The van der Waals surface area contributed by atoms with Crippen molar-refractivity contribution >= 4 is 27.7 Å². The van der Waals surface area contributed by atoms with Crippen molar-refractivity contribution in [3.05, 3.63) is 0 Å². The number of nitrogens with zero attached hydrogens (tertiary/aromatic N) is 1. The van der Waals surface area contributed by atoms with Crippen LogP contribution >= 0.6 is 0 Å². The van der Waals surface area contributed by atoms with Crippen molar-refractivity contribution in [2.45, 2.75) is 44.9 Å². The van der Waals surface area contributed by atoms with Crippen LogP contribution in [0.3, 0.4) is 0 Å². The molecule has 0 aromatic rings. The van der Waals surface area contributed by atoms with E-state index in [0.717, 1.165) is 6.42 Å². The monoisotopic (exact) mass is 275 g/mol. The second-order valence-electron chi connectivity index (χ2n) is 4.28. The highest BCUT2D eigenvalue weighted by Crippen LogP contribution is 2.09. The first kappa shape index (κ1) is 14.8. The Bertz CT molecular complexity index is 483. The Labute approximate surface area is 106 Å². The van der Waals surface area contributed by atoms with E-state index in [1.54, 1.807) is 6.92 Å². The van der Waals surface area contributed by atoms with Gasteiger partial charge in [0.1, 0.15) is 0 Å². The van der Waals surface area contributed by atoms with Gasteiger partial charge in [-0.05, 0) is 20.3 Å². The summed E-state index contributed by atoms with van der Waals surface area (Å²) >= 11 is 0. The normalized spacial score (nSPS) is 22.4. The number of urea groups is 1. The van der Waals surface area contributed by atoms with E-state index in [1.807, 2.05) is 12.2 Å². The maximum absolute atomic E-state index is 12.0. The molecule has 0 saturated heterocycles. The largest absolute Gasteiger partial charge is 0.347 e. The summed E-state index contributed by atoms with van der Waals surface area (Å²) in [5.41, 5.74) is -0.0139. The number of sulfonamides is 1. The quantitative estimate of drug-likeness (QED) is 0.746. The smallest absolute Gasteiger partial charge is 0.275 e. The zero-order chi connectivity index (χ0) is 13.9. The minimum Gasteiger partial charge on any atom is -0.275 e. The molecule has 18 heavy (non-hydrogen) atoms. The third-order valence-corrected chi connectivity index (χ3v) is 4.43. The van der Waals surface area contributed by atoms with Crippen LogP contribution in [0.4, 0.5) is 4.79 Å². The van der Waals surface area contributed by atoms with Gasteiger partial charge in [-0.25, -0.2) is 22.9 Å². The van der Waals surface area contributed by atoms with E-state index < -0.39 is 27.2 Å². The van der Waals surface area contributed by atoms with Crippen LogP contribution in [0, 0.1) is 0 Å². The highest BCUT2D eigenvalue weighted by Gasteiger charge is 2.39. The van der Waals surface area contributed by atoms with Gasteiger partial charge in [0, 0.05) is 11.8 Å². The Morgan fingerprint density at radius 3 is 2.56 bits per heavy atom. The zero-order valence-corrected chi connectivity index (χ0v) is 11.4. The molecule has 2 unspecified atom stereocenters. The fourth-order valence-corrected chi connectivity index (χ4v) is 3.47. The molecular weight excluding hydrogens is 258 g/mol. The van der Waals surface area contributed by atoms with Crippen molar-refractivity contribution in [3.63, 3.8) is 0 Å². The Morgan fingerprint density at radius 2 is 2.06 bits per heavy atom. The Hall–Kier alpha value is -1.28. The number of amides is 3. The maximum Gasteiger partial charge on any atom is 0.347 e. The van der Waals surface area contributed by atoms with E-state index in [2.05, 4.69) is 9.71 Å². The average molecular weight is 275 g/mol. The molecule has 0 spiro atoms. The molecule has 1 heterocycles. The molecule has 0 aromatic heterocycles. The number of imide groups is 1. The lowest BCUT2D eigenvalue weighted by Crippen LogP contribution is -2.54. The molecule has 0 aromatic carbocycles. The summed E-state index contributed by atoms with van der Waals surface area (Å²) in [4.78, 5) is 26.0. The molecule has 1 aliphatic heterocycles. The lowest BCUT2D eigenvalue weighted by molar-refractivity contribution is -0.118. The molecule has 1 aliphatic rings. The van der Waals surface area contributed by atoms with Crippen molar-refractivity contribution in [2.75, 3.05) is 0 Å². The molecule has 0 radical (unpaired) electrons. The summed E-state index contributed by atoms with van der Waals surface area (Å²) in [6.45, 7) is 5.01. The van der Waals surface area contributed by atoms with E-state index in [-0.39, 0.29) is 11.8 Å². The van der Waals surface area contributed by atoms with E-state index in [4.69, 9.17) is 0 Å². The summed E-state index contributed by atoms with van der Waals surface area (Å²) in [6, 6.07) is -1.09. The minimum absolute atomic E-state index is 0.0139. The minimum atomic E-state index is -3.87. The first-order chi connectivity index (χ1) is 8.27. The molecule has 2 atom stereocenters. The van der Waals surface area contributed by atoms with Gasteiger partial charge in [0.15, 0.2) is 5.25 Å². The fourth-order valence-electron chi connectivity index (χ4n) is 1.81. The van der Waals surface area contributed by atoms with Crippen LogP contribution in [0.5, 0.6) is 0 Å². The van der Waals surface area contributed by atoms with Crippen molar-refractivity contribution in [3.8, 4) is 0 Å². The van der Waals surface area contributed by atoms with Gasteiger partial charge in [-0.1, -0.05) is 13.3 Å². The Morgan fingerprint density at radius 1 is 1.44 bits per heavy atom. The van der Waals surface area contributed by atoms with Gasteiger partial charge in [0.05, 0.1) is 0 Å². The van der Waals surface area contributed by atoms with Crippen LogP contribution in [0.1, 0.15) is 33.6 Å². The molecule has 0 fully saturated rings. The van der Waals surface area contributed by atoms with Gasteiger partial charge < -0.3 is 0 Å². The van der Waals surface area contributed by atoms with Gasteiger partial charge in [-0.3, -0.25) is 10.1 Å². The molecule has 3 amide bonds. The second kappa shape index (κ2) is 5.57. The van der Waals surface area contributed by atoms with Crippen LogP contribution in [-0.4, -0.2) is 37.4 Å². The third kappa shape index (κ3) is 3.36. The lowest BCUT2D eigenvalue weighted by Gasteiger charge is -2.22. The number of hydrogen-bond donors (Lipinski definition) is 2. The average Bonchev–Trinajstić information content (AvgIpc) is 2.13. The first-order valence-electron chi connectivity index (χ1n) is 5.69. The van der Waals surface area contributed by atoms with Crippen molar-refractivity contribution in [1.82, 2.24) is 10.0 Å². The topological polar surface area (TPSA) is 105 Å². The standard InChI is InChI=1S/C10H17N3O4S/c1-4-5-6(2)13-18(16,17)8-7(3)11-10(15)12-9(8)14/h6,8,13H,4-5H2,1-3H3,(H,12,14,15). The molecule has 2 N–H and O–H groups in total. The fraction of sp³-hybridized carbons (Fsp3) is 0.700. The SMILES string of the molecule is CCCC(C)NS(=O)(=O)C1C(=O)NC(=O)N=C1C. The number of carbonyl (C=O) groups is 2. The number of aliphatic imine (C=N–C) groups is 1. The molecule has 8 heteroatoms. The molecule has 0 bridgehead atoms. The number of rotatable bonds is 5. The maximum atomic E-state index is 12.0. The number of nitrogens with one attached hydrogen (secondary N) is 2. The molecule has 0 saturated carbocycles. The van der Waals surface area contributed by atoms with Crippen LogP contribution in [-0.2, 0) is 14.8 Å². The van der Waals surface area contributed by atoms with Crippen LogP contribution < -0.4 is 10.0 Å². The Balaban J connectivity index is 2.94. The van der Waals surface area contributed by atoms with Crippen molar-refractivity contribution < 1.29 is 18.0 Å². The number of carbonyl (C=O) groups excluding carboxylic acids is 2. The predicted octanol–water partition coefficient (Wildman–Crippen LogP) is 0.174. The van der Waals surface area contributed by atoms with E-state index in [0.29, 0.717) is 6.42 Å².